The second-order valence-electron chi connectivity index (χ2n) is 26.6. The monoisotopic (exact) mass is 1250 g/mol. The first-order valence-electron chi connectivity index (χ1n) is 33.6. The second kappa shape index (κ2) is 19.6. The number of fused-ring (bicyclic) bond motifs is 29. The topological polar surface area (TPSA) is 67.2 Å². The predicted octanol–water partition coefficient (Wildman–Crippen LogP) is 22.8. The molecule has 2 aliphatic carbocycles. The van der Waals surface area contributed by atoms with E-state index in [1.165, 1.54) is 50.1 Å². The van der Waals surface area contributed by atoms with Crippen molar-refractivity contribution in [3.63, 3.8) is 0 Å². The Hall–Kier alpha value is -12.8. The summed E-state index contributed by atoms with van der Waals surface area (Å²) in [4.78, 5) is 11.2. The molecule has 14 aromatic carbocycles. The molecule has 22 rings (SSSR count). The molecule has 6 heterocycles. The van der Waals surface area contributed by atoms with Crippen molar-refractivity contribution >= 4 is 65.7 Å². The average Bonchev–Trinajstić information content (AvgIpc) is 1.47. The third kappa shape index (κ3) is 6.95. The van der Waals surface area contributed by atoms with Gasteiger partial charge >= 0.3 is 0 Å². The van der Waals surface area contributed by atoms with Crippen molar-refractivity contribution < 1.29 is 13.9 Å². The Balaban J connectivity index is 0.667. The standard InChI is InChI=1S/C91H54N4O3/c1-53-34-45-59(46-35-53)94-78-51-44-58(52-68(78)66-48-50-75-86(84(66)94)97-80-32-16-12-28-73(80)90(75)69-24-8-2-18-60(69)61-19-3-9-25-70(61)90)56-38-36-54(37-39-56)55-40-42-57(43-41-55)82-88-83(67-23-7-15-31-79(67)96-88)93-89(92-82)95-77-30-14-6-22-64(77)65-47-49-76-87(85(65)95)98-81-33-17-13-29-74(81)91(76)71-26-10-4-20-62(71)63-21-5-11-27-72(63)91/h2-52H,1H3. The molecule has 98 heavy (non-hydrogen) atoms. The smallest absolute Gasteiger partial charge is 0.236 e. The van der Waals surface area contributed by atoms with Crippen molar-refractivity contribution in [2.45, 2.75) is 17.8 Å². The molecule has 4 aliphatic rings. The summed E-state index contributed by atoms with van der Waals surface area (Å²) in [6.07, 6.45) is 0. The fourth-order valence-electron chi connectivity index (χ4n) is 17.7. The van der Waals surface area contributed by atoms with Gasteiger partial charge < -0.3 is 18.5 Å². The zero-order chi connectivity index (χ0) is 64.1. The maximum atomic E-state index is 7.35. The Morgan fingerprint density at radius 3 is 1.33 bits per heavy atom. The van der Waals surface area contributed by atoms with Crippen molar-refractivity contribution in [3.05, 3.63) is 359 Å². The fraction of sp³-hybridized carbons (Fsp3) is 0.0330. The molecule has 4 aromatic heterocycles. The molecule has 7 heteroatoms. The van der Waals surface area contributed by atoms with Crippen LogP contribution in [0.25, 0.3) is 133 Å². The van der Waals surface area contributed by atoms with E-state index in [1.807, 2.05) is 18.2 Å². The molecule has 2 aliphatic heterocycles. The number of benzene rings is 14. The van der Waals surface area contributed by atoms with Crippen LogP contribution in [-0.2, 0) is 10.8 Å². The van der Waals surface area contributed by atoms with Crippen LogP contribution in [0.3, 0.4) is 0 Å². The van der Waals surface area contributed by atoms with Gasteiger partial charge in [-0.25, -0.2) is 9.97 Å². The van der Waals surface area contributed by atoms with Crippen LogP contribution in [0.1, 0.15) is 50.1 Å². The zero-order valence-corrected chi connectivity index (χ0v) is 53.0. The number of hydrogen-bond acceptors (Lipinski definition) is 5. The van der Waals surface area contributed by atoms with Crippen LogP contribution in [-0.4, -0.2) is 19.1 Å². The number of rotatable bonds is 5. The van der Waals surface area contributed by atoms with Crippen molar-refractivity contribution in [3.8, 4) is 90.4 Å². The summed E-state index contributed by atoms with van der Waals surface area (Å²) in [6, 6.07) is 112. The number of para-hydroxylation sites is 4. The minimum atomic E-state index is -0.654. The highest BCUT2D eigenvalue weighted by atomic mass is 16.5. The molecule has 18 aromatic rings. The molecule has 456 valence electrons. The summed E-state index contributed by atoms with van der Waals surface area (Å²) in [5, 5.41) is 5.33. The Bertz CT molecular complexity index is 6420. The van der Waals surface area contributed by atoms with E-state index in [1.54, 1.807) is 0 Å². The van der Waals surface area contributed by atoms with Crippen LogP contribution in [0.2, 0.25) is 0 Å². The number of hydrogen-bond donors (Lipinski definition) is 0. The van der Waals surface area contributed by atoms with Crippen molar-refractivity contribution in [2.75, 3.05) is 0 Å². The highest BCUT2D eigenvalue weighted by Gasteiger charge is 2.53. The molecular weight excluding hydrogens is 1200 g/mol. The van der Waals surface area contributed by atoms with Gasteiger partial charge in [0.15, 0.2) is 17.1 Å². The van der Waals surface area contributed by atoms with Gasteiger partial charge in [-0.3, -0.25) is 4.57 Å². The van der Waals surface area contributed by atoms with Gasteiger partial charge in [0.1, 0.15) is 33.8 Å². The van der Waals surface area contributed by atoms with Crippen LogP contribution >= 0.6 is 0 Å². The Morgan fingerprint density at radius 1 is 0.316 bits per heavy atom. The summed E-state index contributed by atoms with van der Waals surface area (Å²) in [6.45, 7) is 2.15. The lowest BCUT2D eigenvalue weighted by molar-refractivity contribution is 0.440. The third-order valence-electron chi connectivity index (χ3n) is 21.8. The van der Waals surface area contributed by atoms with E-state index in [4.69, 9.17) is 23.9 Å². The van der Waals surface area contributed by atoms with E-state index >= 15 is 0 Å². The lowest BCUT2D eigenvalue weighted by atomic mass is 9.66. The van der Waals surface area contributed by atoms with Gasteiger partial charge in [-0.05, 0) is 128 Å². The lowest BCUT2D eigenvalue weighted by Crippen LogP contribution is -2.32. The number of aromatic nitrogens is 4. The highest BCUT2D eigenvalue weighted by molar-refractivity contribution is 6.15. The van der Waals surface area contributed by atoms with Crippen LogP contribution in [0.15, 0.2) is 314 Å². The maximum Gasteiger partial charge on any atom is 0.236 e. The lowest BCUT2D eigenvalue weighted by Gasteiger charge is -2.39. The molecule has 0 unspecified atom stereocenters. The van der Waals surface area contributed by atoms with Gasteiger partial charge in [0.25, 0.3) is 0 Å². The van der Waals surface area contributed by atoms with E-state index in [0.717, 1.165) is 139 Å². The van der Waals surface area contributed by atoms with Gasteiger partial charge in [-0.2, -0.15) is 0 Å². The first-order valence-corrected chi connectivity index (χ1v) is 33.6. The molecule has 0 atom stereocenters. The molecule has 0 saturated carbocycles. The minimum absolute atomic E-state index is 0.521. The number of nitrogens with zero attached hydrogens (tertiary/aromatic N) is 4. The van der Waals surface area contributed by atoms with E-state index in [0.29, 0.717) is 17.2 Å². The van der Waals surface area contributed by atoms with Crippen LogP contribution in [0.4, 0.5) is 0 Å². The molecule has 0 saturated heterocycles. The van der Waals surface area contributed by atoms with E-state index < -0.39 is 10.8 Å². The number of aryl methyl sites for hydroxylation is 1. The van der Waals surface area contributed by atoms with Crippen molar-refractivity contribution in [1.29, 1.82) is 0 Å². The molecular formula is C91H54N4O3. The van der Waals surface area contributed by atoms with Crippen LogP contribution < -0.4 is 9.47 Å². The molecule has 0 amide bonds. The SMILES string of the molecule is Cc1ccc(-n2c3ccc(-c4ccc(-c5ccc(-c6nc(-n7c8ccccc8c8ccc9c(c87)Oc7ccccc7C97c8ccccc8-c8ccccc87)nc7c6oc6ccccc67)cc5)cc4)cc3c3ccc4c(c32)Oc2ccccc2C42c3ccccc3-c3ccccc32)cc1. The Labute approximate surface area is 563 Å². The normalized spacial score (nSPS) is 13.9. The van der Waals surface area contributed by atoms with Crippen molar-refractivity contribution in [1.82, 2.24) is 19.1 Å². The third-order valence-corrected chi connectivity index (χ3v) is 21.8. The van der Waals surface area contributed by atoms with Gasteiger partial charge in [0.2, 0.25) is 5.95 Å². The summed E-state index contributed by atoms with van der Waals surface area (Å²) < 4.78 is 26.1. The fourth-order valence-corrected chi connectivity index (χ4v) is 17.7. The van der Waals surface area contributed by atoms with E-state index in [2.05, 4.69) is 307 Å². The van der Waals surface area contributed by atoms with E-state index in [9.17, 15) is 0 Å². The first kappa shape index (κ1) is 53.5. The summed E-state index contributed by atoms with van der Waals surface area (Å²) in [5.74, 6) is 3.87. The zero-order valence-electron chi connectivity index (χ0n) is 53.0. The second-order valence-corrected chi connectivity index (χ2v) is 26.6. The molecule has 0 radical (unpaired) electrons. The summed E-state index contributed by atoms with van der Waals surface area (Å²) >= 11 is 0. The maximum absolute atomic E-state index is 7.35. The quantitative estimate of drug-likeness (QED) is 0.172. The molecule has 0 N–H and O–H groups in total. The Morgan fingerprint density at radius 2 is 0.755 bits per heavy atom. The van der Waals surface area contributed by atoms with Crippen molar-refractivity contribution in [2.24, 2.45) is 0 Å². The van der Waals surface area contributed by atoms with Gasteiger partial charge in [-0.1, -0.05) is 260 Å². The largest absolute Gasteiger partial charge is 0.454 e. The van der Waals surface area contributed by atoms with Crippen LogP contribution in [0, 0.1) is 6.92 Å². The molecule has 0 fully saturated rings. The molecule has 2 spiro atoms. The molecule has 0 bridgehead atoms. The summed E-state index contributed by atoms with van der Waals surface area (Å²) in [5.41, 5.74) is 27.7. The first-order chi connectivity index (χ1) is 48.5. The van der Waals surface area contributed by atoms with Gasteiger partial charge in [0.05, 0.1) is 27.4 Å². The highest BCUT2D eigenvalue weighted by Crippen LogP contribution is 2.66. The van der Waals surface area contributed by atoms with E-state index in [-0.39, 0.29) is 0 Å². The van der Waals surface area contributed by atoms with Gasteiger partial charge in [-0.15, -0.1) is 0 Å². The minimum Gasteiger partial charge on any atom is -0.454 e. The average molecular weight is 1250 g/mol. The van der Waals surface area contributed by atoms with Crippen LogP contribution in [0.5, 0.6) is 23.0 Å². The Kier molecular flexibility index (Phi) is 10.7. The molecule has 7 nitrogen and oxygen atoms in total. The number of furan rings is 1. The van der Waals surface area contributed by atoms with Gasteiger partial charge in [0, 0.05) is 60.4 Å². The number of ether oxygens (including phenoxy) is 2. The predicted molar refractivity (Wildman–Crippen MR) is 394 cm³/mol. The summed E-state index contributed by atoms with van der Waals surface area (Å²) in [7, 11) is 0.